The minimum atomic E-state index is 0.768. The van der Waals surface area contributed by atoms with Crippen molar-refractivity contribution in [1.29, 1.82) is 0 Å². The average Bonchev–Trinajstić information content (AvgIpc) is 2.10. The van der Waals surface area contributed by atoms with Crippen molar-refractivity contribution in [2.45, 2.75) is 52.0 Å². The van der Waals surface area contributed by atoms with Gasteiger partial charge in [-0.15, -0.1) is 0 Å². The zero-order chi connectivity index (χ0) is 11.2. The second-order valence-corrected chi connectivity index (χ2v) is 5.47. The molecule has 0 spiro atoms. The van der Waals surface area contributed by atoms with Crippen LogP contribution in [0.5, 0.6) is 0 Å². The van der Waals surface area contributed by atoms with E-state index in [9.17, 15) is 0 Å². The van der Waals surface area contributed by atoms with Gasteiger partial charge in [0.15, 0.2) is 0 Å². The number of nitrogens with zero attached hydrogens (tertiary/aromatic N) is 1. The summed E-state index contributed by atoms with van der Waals surface area (Å²) in [5.74, 6) is 0.907. The second kappa shape index (κ2) is 6.44. The molecule has 0 aliphatic heterocycles. The number of unbranched alkanes of at least 4 members (excludes halogenated alkanes) is 1. The van der Waals surface area contributed by atoms with Gasteiger partial charge in [0.05, 0.1) is 27.2 Å². The van der Waals surface area contributed by atoms with E-state index in [1.807, 2.05) is 0 Å². The van der Waals surface area contributed by atoms with Gasteiger partial charge >= 0.3 is 0 Å². The molecule has 1 nitrogen and oxygen atoms in total. The number of rotatable bonds is 7. The van der Waals surface area contributed by atoms with Crippen LogP contribution in [-0.2, 0) is 0 Å². The highest BCUT2D eigenvalue weighted by atomic mass is 15.3. The van der Waals surface area contributed by atoms with Crippen LogP contribution in [0.1, 0.15) is 46.0 Å². The molecule has 0 aliphatic carbocycles. The van der Waals surface area contributed by atoms with E-state index >= 15 is 0 Å². The summed E-state index contributed by atoms with van der Waals surface area (Å²) in [6.07, 6.45) is 6.44. The Hall–Kier alpha value is -0.0400. The third-order valence-electron chi connectivity index (χ3n) is 3.44. The summed E-state index contributed by atoms with van der Waals surface area (Å²) in [5.41, 5.74) is 0. The van der Waals surface area contributed by atoms with E-state index in [0.29, 0.717) is 0 Å². The van der Waals surface area contributed by atoms with Crippen molar-refractivity contribution in [2.24, 2.45) is 5.92 Å². The van der Waals surface area contributed by atoms with Crippen molar-refractivity contribution in [2.75, 3.05) is 21.1 Å². The minimum Gasteiger partial charge on any atom is -0.329 e. The van der Waals surface area contributed by atoms with Gasteiger partial charge in [-0.3, -0.25) is 0 Å². The number of hydrogen-bond acceptors (Lipinski definition) is 0. The molecule has 2 unspecified atom stereocenters. The zero-order valence-electron chi connectivity index (χ0n) is 10.8. The predicted octanol–water partition coefficient (Wildman–Crippen LogP) is 3.50. The SMILES string of the molecule is [CH2]CCCC(CC)CC(C)[N+](C)(C)C. The van der Waals surface area contributed by atoms with Gasteiger partial charge in [-0.25, -0.2) is 0 Å². The Morgan fingerprint density at radius 1 is 1.21 bits per heavy atom. The maximum atomic E-state index is 3.92. The number of quaternary nitrogens is 1. The van der Waals surface area contributed by atoms with Crippen LogP contribution in [0, 0.1) is 12.8 Å². The van der Waals surface area contributed by atoms with E-state index in [4.69, 9.17) is 0 Å². The molecular weight excluding hydrogens is 170 g/mol. The van der Waals surface area contributed by atoms with Gasteiger partial charge in [0.2, 0.25) is 0 Å². The summed E-state index contributed by atoms with van der Waals surface area (Å²) in [6.45, 7) is 8.60. The Morgan fingerprint density at radius 2 is 1.79 bits per heavy atom. The molecule has 0 aromatic carbocycles. The van der Waals surface area contributed by atoms with Gasteiger partial charge in [-0.2, -0.15) is 0 Å². The molecular formula is C13H29N+. The van der Waals surface area contributed by atoms with E-state index in [1.165, 1.54) is 25.7 Å². The van der Waals surface area contributed by atoms with Crippen molar-refractivity contribution in [1.82, 2.24) is 0 Å². The van der Waals surface area contributed by atoms with Gasteiger partial charge in [-0.1, -0.05) is 39.5 Å². The Kier molecular flexibility index (Phi) is 6.43. The van der Waals surface area contributed by atoms with Crippen LogP contribution >= 0.6 is 0 Å². The lowest BCUT2D eigenvalue weighted by Crippen LogP contribution is -2.44. The average molecular weight is 199 g/mol. The third kappa shape index (κ3) is 5.64. The van der Waals surface area contributed by atoms with Gasteiger partial charge in [0.1, 0.15) is 0 Å². The van der Waals surface area contributed by atoms with Crippen LogP contribution in [-0.4, -0.2) is 31.7 Å². The van der Waals surface area contributed by atoms with E-state index < -0.39 is 0 Å². The molecule has 0 aliphatic rings. The lowest BCUT2D eigenvalue weighted by atomic mass is 9.92. The van der Waals surface area contributed by atoms with Crippen LogP contribution in [0.2, 0.25) is 0 Å². The van der Waals surface area contributed by atoms with Gasteiger partial charge in [0, 0.05) is 6.42 Å². The van der Waals surface area contributed by atoms with Crippen LogP contribution < -0.4 is 0 Å². The van der Waals surface area contributed by atoms with Crippen molar-refractivity contribution < 1.29 is 4.48 Å². The van der Waals surface area contributed by atoms with Crippen molar-refractivity contribution >= 4 is 0 Å². The van der Waals surface area contributed by atoms with E-state index in [0.717, 1.165) is 22.9 Å². The molecule has 0 bridgehead atoms. The summed E-state index contributed by atoms with van der Waals surface area (Å²) in [4.78, 5) is 0. The first-order valence-corrected chi connectivity index (χ1v) is 6.02. The molecule has 0 aromatic heterocycles. The molecule has 0 rings (SSSR count). The molecule has 0 fully saturated rings. The minimum absolute atomic E-state index is 0.768. The molecule has 1 radical (unpaired) electrons. The Morgan fingerprint density at radius 3 is 2.14 bits per heavy atom. The molecule has 0 heterocycles. The molecule has 14 heavy (non-hydrogen) atoms. The Labute approximate surface area is 91.1 Å². The fourth-order valence-electron chi connectivity index (χ4n) is 1.72. The molecule has 0 amide bonds. The van der Waals surface area contributed by atoms with Crippen molar-refractivity contribution in [3.63, 3.8) is 0 Å². The van der Waals surface area contributed by atoms with E-state index in [-0.39, 0.29) is 0 Å². The number of hydrogen-bond donors (Lipinski definition) is 0. The van der Waals surface area contributed by atoms with Crippen molar-refractivity contribution in [3.05, 3.63) is 6.92 Å². The predicted molar refractivity (Wildman–Crippen MR) is 65.1 cm³/mol. The first-order chi connectivity index (χ1) is 6.41. The lowest BCUT2D eigenvalue weighted by molar-refractivity contribution is -0.894. The molecule has 1 heteroatoms. The maximum Gasteiger partial charge on any atom is 0.0858 e. The van der Waals surface area contributed by atoms with Crippen LogP contribution in [0.15, 0.2) is 0 Å². The third-order valence-corrected chi connectivity index (χ3v) is 3.44. The highest BCUT2D eigenvalue weighted by Crippen LogP contribution is 2.21. The van der Waals surface area contributed by atoms with Crippen LogP contribution in [0.25, 0.3) is 0 Å². The van der Waals surface area contributed by atoms with E-state index in [1.54, 1.807) is 0 Å². The molecule has 0 aromatic rings. The highest BCUT2D eigenvalue weighted by molar-refractivity contribution is 4.63. The first kappa shape index (κ1) is 14.0. The standard InChI is InChI=1S/C13H29N/c1-7-9-10-13(8-2)11-12(3)14(4,5)6/h12-13H,1,7-11H2,2-6H3/q+1. The fraction of sp³-hybridized carbons (Fsp3) is 0.923. The van der Waals surface area contributed by atoms with Gasteiger partial charge < -0.3 is 4.48 Å². The fourth-order valence-corrected chi connectivity index (χ4v) is 1.72. The van der Waals surface area contributed by atoms with Gasteiger partial charge in [-0.05, 0) is 12.8 Å². The lowest BCUT2D eigenvalue weighted by Gasteiger charge is -2.33. The van der Waals surface area contributed by atoms with Crippen LogP contribution in [0.4, 0.5) is 0 Å². The smallest absolute Gasteiger partial charge is 0.0858 e. The summed E-state index contributed by atoms with van der Waals surface area (Å²) >= 11 is 0. The monoisotopic (exact) mass is 199 g/mol. The maximum absolute atomic E-state index is 3.92. The summed E-state index contributed by atoms with van der Waals surface area (Å²) in [5, 5.41) is 0. The summed E-state index contributed by atoms with van der Waals surface area (Å²) < 4.78 is 1.08. The summed E-state index contributed by atoms with van der Waals surface area (Å²) in [7, 11) is 6.87. The van der Waals surface area contributed by atoms with Crippen molar-refractivity contribution in [3.8, 4) is 0 Å². The quantitative estimate of drug-likeness (QED) is 0.551. The largest absolute Gasteiger partial charge is 0.329 e. The topological polar surface area (TPSA) is 0 Å². The van der Waals surface area contributed by atoms with Gasteiger partial charge in [0.25, 0.3) is 0 Å². The van der Waals surface area contributed by atoms with Crippen LogP contribution in [0.3, 0.4) is 0 Å². The highest BCUT2D eigenvalue weighted by Gasteiger charge is 2.21. The molecule has 0 N–H and O–H groups in total. The zero-order valence-corrected chi connectivity index (χ0v) is 10.8. The Bertz CT molecular complexity index is 135. The first-order valence-electron chi connectivity index (χ1n) is 6.02. The Balaban J connectivity index is 3.92. The van der Waals surface area contributed by atoms with E-state index in [2.05, 4.69) is 41.9 Å². The normalized spacial score (nSPS) is 16.7. The second-order valence-electron chi connectivity index (χ2n) is 5.47. The molecule has 2 atom stereocenters. The summed E-state index contributed by atoms with van der Waals surface area (Å²) in [6, 6.07) is 0.768. The molecule has 0 saturated carbocycles. The molecule has 85 valence electrons. The molecule has 0 saturated heterocycles.